The average molecular weight is 479 g/mol. The predicted molar refractivity (Wildman–Crippen MR) is 131 cm³/mol. The summed E-state index contributed by atoms with van der Waals surface area (Å²) in [4.78, 5) is 27.6. The number of carbonyl (C=O) groups is 2. The summed E-state index contributed by atoms with van der Waals surface area (Å²) in [5.41, 5.74) is 2.74. The molecule has 1 fully saturated rings. The molecule has 1 atom stereocenters. The van der Waals surface area contributed by atoms with E-state index in [-0.39, 0.29) is 12.3 Å². The summed E-state index contributed by atoms with van der Waals surface area (Å²) in [6.07, 6.45) is 1.31. The lowest BCUT2D eigenvalue weighted by Gasteiger charge is -2.28. The van der Waals surface area contributed by atoms with Crippen molar-refractivity contribution in [2.24, 2.45) is 0 Å². The Morgan fingerprint density at radius 3 is 2.26 bits per heavy atom. The highest BCUT2D eigenvalue weighted by Gasteiger charge is 2.40. The van der Waals surface area contributed by atoms with Crippen molar-refractivity contribution in [2.75, 3.05) is 17.1 Å². The van der Waals surface area contributed by atoms with E-state index >= 15 is 0 Å². The van der Waals surface area contributed by atoms with Gasteiger partial charge < -0.3 is 4.74 Å². The minimum Gasteiger partial charge on any atom is -0.445 e. The van der Waals surface area contributed by atoms with Crippen molar-refractivity contribution in [3.05, 3.63) is 90.5 Å². The molecule has 1 saturated heterocycles. The highest BCUT2D eigenvalue weighted by Crippen LogP contribution is 2.29. The third-order valence-electron chi connectivity index (χ3n) is 5.70. The van der Waals surface area contributed by atoms with Crippen LogP contribution < -0.4 is 4.31 Å². The summed E-state index contributed by atoms with van der Waals surface area (Å²) in [6, 6.07) is 24.6. The van der Waals surface area contributed by atoms with Gasteiger partial charge in [0.15, 0.2) is 0 Å². The molecule has 0 bridgehead atoms. The number of sulfonamides is 1. The molecular weight excluding hydrogens is 452 g/mol. The van der Waals surface area contributed by atoms with Gasteiger partial charge in [-0.05, 0) is 41.7 Å². The van der Waals surface area contributed by atoms with Gasteiger partial charge in [-0.3, -0.25) is 9.69 Å². The van der Waals surface area contributed by atoms with Crippen LogP contribution in [0.4, 0.5) is 10.5 Å². The van der Waals surface area contributed by atoms with Crippen LogP contribution in [-0.4, -0.2) is 44.2 Å². The molecule has 1 aliphatic heterocycles. The summed E-state index contributed by atoms with van der Waals surface area (Å²) < 4.78 is 31.7. The van der Waals surface area contributed by atoms with E-state index in [0.717, 1.165) is 27.3 Å². The van der Waals surface area contributed by atoms with Crippen molar-refractivity contribution in [1.29, 1.82) is 0 Å². The molecule has 0 aliphatic carbocycles. The van der Waals surface area contributed by atoms with Crippen molar-refractivity contribution in [3.63, 3.8) is 0 Å². The van der Waals surface area contributed by atoms with Gasteiger partial charge in [0.05, 0.1) is 11.9 Å². The van der Waals surface area contributed by atoms with E-state index in [1.807, 2.05) is 66.7 Å². The first-order valence-corrected chi connectivity index (χ1v) is 12.9. The largest absolute Gasteiger partial charge is 0.445 e. The number of hydrogen-bond donors (Lipinski definition) is 0. The molecule has 7 nitrogen and oxygen atoms in total. The molecule has 176 valence electrons. The van der Waals surface area contributed by atoms with E-state index < -0.39 is 28.1 Å². The van der Waals surface area contributed by atoms with Gasteiger partial charge >= 0.3 is 6.09 Å². The van der Waals surface area contributed by atoms with Gasteiger partial charge in [0.25, 0.3) is 5.91 Å². The molecule has 0 radical (unpaired) electrons. The number of likely N-dealkylation sites (tertiary alicyclic amines) is 1. The van der Waals surface area contributed by atoms with Gasteiger partial charge in [-0.2, -0.15) is 0 Å². The van der Waals surface area contributed by atoms with E-state index in [0.29, 0.717) is 19.4 Å². The first kappa shape index (κ1) is 23.5. The van der Waals surface area contributed by atoms with Crippen LogP contribution >= 0.6 is 0 Å². The second-order valence-corrected chi connectivity index (χ2v) is 10.0. The maximum Gasteiger partial charge on any atom is 0.410 e. The van der Waals surface area contributed by atoms with Crippen LogP contribution in [0.3, 0.4) is 0 Å². The van der Waals surface area contributed by atoms with E-state index in [9.17, 15) is 18.0 Å². The Kier molecular flexibility index (Phi) is 6.98. The fraction of sp³-hybridized carbons (Fsp3) is 0.231. The number of ether oxygens (including phenoxy) is 1. The number of rotatable bonds is 6. The van der Waals surface area contributed by atoms with Crippen molar-refractivity contribution < 1.29 is 22.7 Å². The fourth-order valence-corrected chi connectivity index (χ4v) is 5.05. The molecule has 0 spiro atoms. The smallest absolute Gasteiger partial charge is 0.410 e. The fourth-order valence-electron chi connectivity index (χ4n) is 4.10. The van der Waals surface area contributed by atoms with E-state index in [2.05, 4.69) is 0 Å². The van der Waals surface area contributed by atoms with Crippen LogP contribution in [-0.2, 0) is 26.2 Å². The van der Waals surface area contributed by atoms with Crippen molar-refractivity contribution in [2.45, 2.75) is 25.5 Å². The van der Waals surface area contributed by atoms with Crippen LogP contribution in [0.1, 0.15) is 18.4 Å². The number of nitrogens with zero attached hydrogens (tertiary/aromatic N) is 2. The monoisotopic (exact) mass is 478 g/mol. The molecular formula is C26H26N2O5S. The molecule has 3 aromatic carbocycles. The first-order chi connectivity index (χ1) is 16.3. The van der Waals surface area contributed by atoms with E-state index in [4.69, 9.17) is 4.74 Å². The molecule has 2 amide bonds. The number of hydrogen-bond acceptors (Lipinski definition) is 5. The molecule has 4 rings (SSSR count). The number of benzene rings is 3. The maximum absolute atomic E-state index is 13.5. The highest BCUT2D eigenvalue weighted by molar-refractivity contribution is 7.92. The lowest BCUT2D eigenvalue weighted by Crippen LogP contribution is -2.49. The van der Waals surface area contributed by atoms with Crippen molar-refractivity contribution in [3.8, 4) is 11.1 Å². The Hall–Kier alpha value is -3.65. The number of amides is 2. The third-order valence-corrected chi connectivity index (χ3v) is 6.75. The maximum atomic E-state index is 13.5. The highest BCUT2D eigenvalue weighted by atomic mass is 32.2. The average Bonchev–Trinajstić information content (AvgIpc) is 3.33. The van der Waals surface area contributed by atoms with Crippen LogP contribution in [0.15, 0.2) is 84.9 Å². The van der Waals surface area contributed by atoms with Crippen LogP contribution in [0.5, 0.6) is 0 Å². The van der Waals surface area contributed by atoms with Gasteiger partial charge in [-0.1, -0.05) is 72.8 Å². The lowest BCUT2D eigenvalue weighted by atomic mass is 10.1. The Morgan fingerprint density at radius 2 is 1.59 bits per heavy atom. The molecule has 1 aliphatic rings. The molecule has 0 N–H and O–H groups in total. The predicted octanol–water partition coefficient (Wildman–Crippen LogP) is 4.45. The topological polar surface area (TPSA) is 84.0 Å². The van der Waals surface area contributed by atoms with Gasteiger partial charge in [0, 0.05) is 6.54 Å². The standard InChI is InChI=1S/C26H26N2O5S/c1-34(31,32)28(23-15-8-14-22(18-23)21-12-6-3-7-13-21)25(29)24-16-9-17-27(24)26(30)33-19-20-10-4-2-5-11-20/h2-8,10-15,18,24H,9,16-17,19H2,1H3. The minimum absolute atomic E-state index is 0.0754. The molecule has 0 saturated carbocycles. The van der Waals surface area contributed by atoms with Gasteiger partial charge in [0.2, 0.25) is 10.0 Å². The molecule has 3 aromatic rings. The number of anilines is 1. The number of carbonyl (C=O) groups excluding carboxylic acids is 2. The van der Waals surface area contributed by atoms with E-state index in [1.165, 1.54) is 4.90 Å². The third kappa shape index (κ3) is 5.28. The molecule has 0 aromatic heterocycles. The van der Waals surface area contributed by atoms with Gasteiger partial charge in [-0.25, -0.2) is 17.5 Å². The summed E-state index contributed by atoms with van der Waals surface area (Å²) >= 11 is 0. The zero-order chi connectivity index (χ0) is 24.1. The second kappa shape index (κ2) is 10.1. The zero-order valence-corrected chi connectivity index (χ0v) is 19.6. The molecule has 1 heterocycles. The summed E-state index contributed by atoms with van der Waals surface area (Å²) in [5.74, 6) is -0.665. The van der Waals surface area contributed by atoms with Crippen LogP contribution in [0.25, 0.3) is 11.1 Å². The van der Waals surface area contributed by atoms with Gasteiger partial charge in [0.1, 0.15) is 12.6 Å². The molecule has 8 heteroatoms. The minimum atomic E-state index is -3.95. The quantitative estimate of drug-likeness (QED) is 0.523. The van der Waals surface area contributed by atoms with Crippen LogP contribution in [0.2, 0.25) is 0 Å². The Morgan fingerprint density at radius 1 is 0.941 bits per heavy atom. The van der Waals surface area contributed by atoms with Crippen LogP contribution in [0, 0.1) is 0 Å². The Balaban J connectivity index is 1.57. The second-order valence-electron chi connectivity index (χ2n) is 8.17. The molecule has 1 unspecified atom stereocenters. The zero-order valence-electron chi connectivity index (χ0n) is 18.8. The van der Waals surface area contributed by atoms with E-state index in [1.54, 1.807) is 18.2 Å². The van der Waals surface area contributed by atoms with Crippen molar-refractivity contribution in [1.82, 2.24) is 4.90 Å². The summed E-state index contributed by atoms with van der Waals surface area (Å²) in [5, 5.41) is 0. The van der Waals surface area contributed by atoms with Gasteiger partial charge in [-0.15, -0.1) is 0 Å². The normalized spacial score (nSPS) is 15.7. The Bertz CT molecular complexity index is 1260. The summed E-state index contributed by atoms with van der Waals surface area (Å²) in [6.45, 7) is 0.400. The first-order valence-electron chi connectivity index (χ1n) is 11.0. The Labute approximate surface area is 199 Å². The SMILES string of the molecule is CS(=O)(=O)N(C(=O)C1CCCN1C(=O)OCc1ccccc1)c1cccc(-c2ccccc2)c1. The van der Waals surface area contributed by atoms with Crippen molar-refractivity contribution >= 4 is 27.7 Å². The molecule has 34 heavy (non-hydrogen) atoms. The summed E-state index contributed by atoms with van der Waals surface area (Å²) in [7, 11) is -3.95. The lowest BCUT2D eigenvalue weighted by molar-refractivity contribution is -0.121.